The Kier molecular flexibility index (Phi) is 3.96. The molecule has 0 radical (unpaired) electrons. The minimum absolute atomic E-state index is 0.263. The molecule has 9 nitrogen and oxygen atoms in total. The molecule has 3 heterocycles. The molecule has 1 aliphatic heterocycles. The summed E-state index contributed by atoms with van der Waals surface area (Å²) in [5.74, 6) is 0.847. The highest BCUT2D eigenvalue weighted by atomic mass is 16.6. The smallest absolute Gasteiger partial charge is 0.167 e. The van der Waals surface area contributed by atoms with E-state index in [2.05, 4.69) is 15.0 Å². The average Bonchev–Trinajstić information content (AvgIpc) is 3.03. The summed E-state index contributed by atoms with van der Waals surface area (Å²) >= 11 is 0. The molecular weight excluding hydrogens is 290 g/mol. The number of nitrogens with zero attached hydrogens (tertiary/aromatic N) is 4. The van der Waals surface area contributed by atoms with Crippen molar-refractivity contribution in [3.05, 3.63) is 12.2 Å². The molecule has 5 N–H and O–H groups in total. The Bertz CT molecular complexity index is 676. The van der Waals surface area contributed by atoms with E-state index < -0.39 is 24.5 Å². The van der Waals surface area contributed by atoms with Crippen molar-refractivity contribution in [3.63, 3.8) is 0 Å². The molecule has 1 fully saturated rings. The van der Waals surface area contributed by atoms with Crippen LogP contribution in [-0.4, -0.2) is 59.8 Å². The zero-order valence-electron chi connectivity index (χ0n) is 12.1. The van der Waals surface area contributed by atoms with E-state index in [-0.39, 0.29) is 12.4 Å². The minimum atomic E-state index is -1.19. The van der Waals surface area contributed by atoms with Crippen molar-refractivity contribution in [3.8, 4) is 0 Å². The van der Waals surface area contributed by atoms with E-state index >= 15 is 0 Å². The second-order valence-corrected chi connectivity index (χ2v) is 5.33. The normalized spacial score (nSPS) is 28.5. The molecule has 2 unspecified atom stereocenters. The van der Waals surface area contributed by atoms with Crippen LogP contribution in [-0.2, 0) is 11.2 Å². The van der Waals surface area contributed by atoms with E-state index in [1.54, 1.807) is 0 Å². The molecule has 0 aliphatic carbocycles. The molecule has 22 heavy (non-hydrogen) atoms. The van der Waals surface area contributed by atoms with Gasteiger partial charge >= 0.3 is 0 Å². The number of anilines is 1. The van der Waals surface area contributed by atoms with Crippen LogP contribution in [0.4, 0.5) is 5.82 Å². The average molecular weight is 309 g/mol. The maximum Gasteiger partial charge on any atom is 0.167 e. The monoisotopic (exact) mass is 309 g/mol. The van der Waals surface area contributed by atoms with Gasteiger partial charge in [-0.1, -0.05) is 6.92 Å². The molecule has 2 aromatic rings. The number of aliphatic hydroxyl groups excluding tert-OH is 3. The summed E-state index contributed by atoms with van der Waals surface area (Å²) in [5.41, 5.74) is 6.75. The molecule has 1 saturated heterocycles. The molecule has 0 spiro atoms. The fraction of sp³-hybridized carbons (Fsp3) is 0.615. The molecule has 0 amide bonds. The number of fused-ring (bicyclic) bond motifs is 1. The third-order valence-corrected chi connectivity index (χ3v) is 3.76. The van der Waals surface area contributed by atoms with E-state index in [4.69, 9.17) is 10.5 Å². The van der Waals surface area contributed by atoms with E-state index in [0.29, 0.717) is 23.4 Å². The quantitative estimate of drug-likeness (QED) is 0.562. The second-order valence-electron chi connectivity index (χ2n) is 5.33. The van der Waals surface area contributed by atoms with Crippen molar-refractivity contribution in [2.24, 2.45) is 0 Å². The number of aryl methyl sites for hydroxylation is 1. The number of nitrogen functional groups attached to an aromatic ring is 1. The lowest BCUT2D eigenvalue weighted by molar-refractivity contribution is -0.0511. The van der Waals surface area contributed by atoms with Crippen molar-refractivity contribution in [2.75, 3.05) is 12.3 Å². The Balaban J connectivity index is 2.04. The van der Waals surface area contributed by atoms with Gasteiger partial charge in [-0.3, -0.25) is 4.57 Å². The predicted molar refractivity (Wildman–Crippen MR) is 76.7 cm³/mol. The Hall–Kier alpha value is -1.81. The highest BCUT2D eigenvalue weighted by Crippen LogP contribution is 2.31. The summed E-state index contributed by atoms with van der Waals surface area (Å²) in [6.07, 6.45) is -1.14. The number of aromatic nitrogens is 4. The molecule has 3 rings (SSSR count). The van der Waals surface area contributed by atoms with Crippen molar-refractivity contribution in [1.29, 1.82) is 0 Å². The van der Waals surface area contributed by atoms with Crippen molar-refractivity contribution < 1.29 is 20.1 Å². The van der Waals surface area contributed by atoms with Crippen LogP contribution in [0.3, 0.4) is 0 Å². The first-order valence-electron chi connectivity index (χ1n) is 7.18. The van der Waals surface area contributed by atoms with Crippen molar-refractivity contribution >= 4 is 17.0 Å². The summed E-state index contributed by atoms with van der Waals surface area (Å²) < 4.78 is 7.01. The maximum absolute atomic E-state index is 10.1. The third-order valence-electron chi connectivity index (χ3n) is 3.76. The molecule has 4 atom stereocenters. The van der Waals surface area contributed by atoms with Gasteiger partial charge in [0, 0.05) is 6.42 Å². The lowest BCUT2D eigenvalue weighted by atomic mass is 10.1. The molecule has 120 valence electrons. The highest BCUT2D eigenvalue weighted by molar-refractivity contribution is 5.81. The Morgan fingerprint density at radius 2 is 2.09 bits per heavy atom. The topological polar surface area (TPSA) is 140 Å². The SMILES string of the molecule is CCCc1nc(N)c2ncn([C@@H]3O[C@H](CO)C(O)C3O)c2n1. The number of aliphatic hydroxyl groups is 3. The summed E-state index contributed by atoms with van der Waals surface area (Å²) in [6, 6.07) is 0. The molecule has 1 aliphatic rings. The molecule has 9 heteroatoms. The Morgan fingerprint density at radius 1 is 1.32 bits per heavy atom. The van der Waals surface area contributed by atoms with Crippen LogP contribution < -0.4 is 5.73 Å². The fourth-order valence-electron chi connectivity index (χ4n) is 2.62. The number of nitrogens with two attached hydrogens (primary N) is 1. The predicted octanol–water partition coefficient (Wildman–Crippen LogP) is -1.03. The van der Waals surface area contributed by atoms with E-state index in [1.807, 2.05) is 6.92 Å². The van der Waals surface area contributed by atoms with Gasteiger partial charge in [-0.2, -0.15) is 0 Å². The van der Waals surface area contributed by atoms with Gasteiger partial charge in [-0.25, -0.2) is 15.0 Å². The zero-order chi connectivity index (χ0) is 15.9. The van der Waals surface area contributed by atoms with Crippen LogP contribution in [0, 0.1) is 0 Å². The van der Waals surface area contributed by atoms with Crippen LogP contribution in [0.15, 0.2) is 6.33 Å². The Labute approximate surface area is 126 Å². The number of hydrogen-bond acceptors (Lipinski definition) is 8. The number of rotatable bonds is 4. The lowest BCUT2D eigenvalue weighted by Crippen LogP contribution is -2.33. The number of hydrogen-bond donors (Lipinski definition) is 4. The molecular formula is C13H19N5O4. The maximum atomic E-state index is 10.1. The standard InChI is InChI=1S/C13H19N5O4/c1-2-3-7-16-11(14)8-12(17-7)18(5-15-8)13-10(21)9(20)6(4-19)22-13/h5-6,9-10,13,19-21H,2-4H2,1H3,(H2,14,16,17)/t6-,9?,10?,13-/m1/s1. The summed E-state index contributed by atoms with van der Waals surface area (Å²) in [7, 11) is 0. The molecule has 2 aromatic heterocycles. The van der Waals surface area contributed by atoms with Gasteiger partial charge in [0.25, 0.3) is 0 Å². The van der Waals surface area contributed by atoms with Crippen LogP contribution >= 0.6 is 0 Å². The number of imidazole rings is 1. The van der Waals surface area contributed by atoms with E-state index in [1.165, 1.54) is 10.9 Å². The first-order chi connectivity index (χ1) is 10.6. The van der Waals surface area contributed by atoms with E-state index in [9.17, 15) is 15.3 Å². The first kappa shape index (κ1) is 15.1. The second kappa shape index (κ2) is 5.76. The minimum Gasteiger partial charge on any atom is -0.394 e. The number of ether oxygens (including phenoxy) is 1. The van der Waals surface area contributed by atoms with Gasteiger partial charge in [0.2, 0.25) is 0 Å². The lowest BCUT2D eigenvalue weighted by Gasteiger charge is -2.16. The molecule has 0 bridgehead atoms. The van der Waals surface area contributed by atoms with Crippen LogP contribution in [0.1, 0.15) is 25.4 Å². The van der Waals surface area contributed by atoms with Crippen molar-refractivity contribution in [1.82, 2.24) is 19.5 Å². The van der Waals surface area contributed by atoms with Gasteiger partial charge in [0.05, 0.1) is 12.9 Å². The van der Waals surface area contributed by atoms with E-state index in [0.717, 1.165) is 6.42 Å². The van der Waals surface area contributed by atoms with Gasteiger partial charge < -0.3 is 25.8 Å². The van der Waals surface area contributed by atoms with Gasteiger partial charge in [-0.15, -0.1) is 0 Å². The van der Waals surface area contributed by atoms with Crippen LogP contribution in [0.5, 0.6) is 0 Å². The largest absolute Gasteiger partial charge is 0.394 e. The van der Waals surface area contributed by atoms with Crippen molar-refractivity contribution in [2.45, 2.75) is 44.3 Å². The highest BCUT2D eigenvalue weighted by Gasteiger charge is 2.44. The third kappa shape index (κ3) is 2.31. The zero-order valence-corrected chi connectivity index (χ0v) is 12.1. The summed E-state index contributed by atoms with van der Waals surface area (Å²) in [6.45, 7) is 1.62. The van der Waals surface area contributed by atoms with Crippen LogP contribution in [0.2, 0.25) is 0 Å². The van der Waals surface area contributed by atoms with Gasteiger partial charge in [0.1, 0.15) is 29.7 Å². The van der Waals surface area contributed by atoms with Gasteiger partial charge in [0.15, 0.2) is 17.7 Å². The van der Waals surface area contributed by atoms with Gasteiger partial charge in [-0.05, 0) is 6.42 Å². The van der Waals surface area contributed by atoms with Crippen LogP contribution in [0.25, 0.3) is 11.2 Å². The summed E-state index contributed by atoms with van der Waals surface area (Å²) in [4.78, 5) is 12.8. The first-order valence-corrected chi connectivity index (χ1v) is 7.18. The fourth-order valence-corrected chi connectivity index (χ4v) is 2.62. The molecule has 0 aromatic carbocycles. The molecule has 0 saturated carbocycles. The Morgan fingerprint density at radius 3 is 2.73 bits per heavy atom. The summed E-state index contributed by atoms with van der Waals surface area (Å²) in [5, 5.41) is 29.2.